The van der Waals surface area contributed by atoms with Crippen LogP contribution >= 0.6 is 0 Å². The lowest BCUT2D eigenvalue weighted by molar-refractivity contribution is 0.521. The zero-order valence-electron chi connectivity index (χ0n) is 12.1. The molecule has 0 saturated carbocycles. The Morgan fingerprint density at radius 2 is 1.50 bits per heavy atom. The second-order valence-corrected chi connectivity index (χ2v) is 4.99. The number of hydrogen-bond donors (Lipinski definition) is 0. The van der Waals surface area contributed by atoms with Gasteiger partial charge in [0.1, 0.15) is 5.76 Å². The van der Waals surface area contributed by atoms with Gasteiger partial charge in [0.2, 0.25) is 0 Å². The van der Waals surface area contributed by atoms with Gasteiger partial charge in [0.25, 0.3) is 0 Å². The Bertz CT molecular complexity index is 815. The second-order valence-electron chi connectivity index (χ2n) is 4.99. The molecule has 2 aromatic carbocycles. The summed E-state index contributed by atoms with van der Waals surface area (Å²) in [5, 5.41) is 0. The van der Waals surface area contributed by atoms with Crippen molar-refractivity contribution >= 4 is 6.08 Å². The minimum absolute atomic E-state index is 0.324. The van der Waals surface area contributed by atoms with Crippen molar-refractivity contribution in [2.75, 3.05) is 0 Å². The van der Waals surface area contributed by atoms with Crippen LogP contribution in [0.5, 0.6) is 0 Å². The summed E-state index contributed by atoms with van der Waals surface area (Å²) in [5.74, 6) is 0.644. The molecule has 2 heteroatoms. The zero-order chi connectivity index (χ0) is 15.2. The summed E-state index contributed by atoms with van der Waals surface area (Å²) in [5.41, 5.74) is 2.75. The van der Waals surface area contributed by atoms with Gasteiger partial charge in [-0.05, 0) is 23.6 Å². The minimum atomic E-state index is -0.324. The van der Waals surface area contributed by atoms with Gasteiger partial charge < -0.3 is 4.42 Å². The van der Waals surface area contributed by atoms with Crippen LogP contribution < -0.4 is 5.63 Å². The number of benzene rings is 2. The van der Waals surface area contributed by atoms with Crippen LogP contribution in [0.15, 0.2) is 88.1 Å². The van der Waals surface area contributed by atoms with E-state index in [0.29, 0.717) is 12.2 Å². The van der Waals surface area contributed by atoms with Crippen molar-refractivity contribution < 1.29 is 4.42 Å². The van der Waals surface area contributed by atoms with Crippen molar-refractivity contribution in [3.63, 3.8) is 0 Å². The van der Waals surface area contributed by atoms with Crippen molar-refractivity contribution in [1.82, 2.24) is 0 Å². The Hall–Kier alpha value is -2.87. The third-order valence-corrected chi connectivity index (χ3v) is 3.40. The highest BCUT2D eigenvalue weighted by Gasteiger charge is 2.07. The summed E-state index contributed by atoms with van der Waals surface area (Å²) >= 11 is 0. The highest BCUT2D eigenvalue weighted by Crippen LogP contribution is 2.22. The zero-order valence-corrected chi connectivity index (χ0v) is 12.1. The molecule has 0 amide bonds. The quantitative estimate of drug-likeness (QED) is 0.704. The third-order valence-electron chi connectivity index (χ3n) is 3.40. The highest BCUT2D eigenvalue weighted by molar-refractivity contribution is 5.61. The second kappa shape index (κ2) is 6.72. The molecule has 22 heavy (non-hydrogen) atoms. The van der Waals surface area contributed by atoms with Gasteiger partial charge in [-0.3, -0.25) is 0 Å². The van der Waals surface area contributed by atoms with Crippen molar-refractivity contribution in [1.29, 1.82) is 0 Å². The topological polar surface area (TPSA) is 30.2 Å². The van der Waals surface area contributed by atoms with E-state index in [-0.39, 0.29) is 5.63 Å². The van der Waals surface area contributed by atoms with Crippen LogP contribution in [0.2, 0.25) is 0 Å². The number of allylic oxidation sites excluding steroid dienone is 1. The lowest BCUT2D eigenvalue weighted by Crippen LogP contribution is -2.00. The van der Waals surface area contributed by atoms with E-state index in [1.807, 2.05) is 54.6 Å². The maximum atomic E-state index is 11.5. The molecule has 1 aromatic heterocycles. The molecule has 2 nitrogen and oxygen atoms in total. The molecule has 3 rings (SSSR count). The molecular weight excluding hydrogens is 272 g/mol. The average molecular weight is 288 g/mol. The first kappa shape index (κ1) is 14.1. The van der Waals surface area contributed by atoms with Gasteiger partial charge >= 0.3 is 5.63 Å². The summed E-state index contributed by atoms with van der Waals surface area (Å²) in [7, 11) is 0. The summed E-state index contributed by atoms with van der Waals surface area (Å²) in [6.07, 6.45) is 4.86. The maximum absolute atomic E-state index is 11.5. The van der Waals surface area contributed by atoms with Gasteiger partial charge in [-0.25, -0.2) is 4.79 Å². The van der Waals surface area contributed by atoms with Crippen LogP contribution in [0.25, 0.3) is 17.4 Å². The SMILES string of the molecule is O=c1ccc(C/C=C/c2ccccc2)c(-c2ccccc2)o1. The normalized spacial score (nSPS) is 10.9. The van der Waals surface area contributed by atoms with E-state index in [4.69, 9.17) is 4.42 Å². The third kappa shape index (κ3) is 3.41. The maximum Gasteiger partial charge on any atom is 0.336 e. The molecule has 0 aliphatic rings. The van der Waals surface area contributed by atoms with Gasteiger partial charge in [-0.2, -0.15) is 0 Å². The molecule has 0 fully saturated rings. The lowest BCUT2D eigenvalue weighted by atomic mass is 10.0. The smallest absolute Gasteiger partial charge is 0.336 e. The van der Waals surface area contributed by atoms with Gasteiger partial charge in [0.15, 0.2) is 0 Å². The molecule has 0 N–H and O–H groups in total. The molecule has 1 heterocycles. The Labute approximate surface area is 129 Å². The van der Waals surface area contributed by atoms with Crippen LogP contribution in [0.3, 0.4) is 0 Å². The monoisotopic (exact) mass is 288 g/mol. The first-order valence-corrected chi connectivity index (χ1v) is 7.23. The predicted molar refractivity (Wildman–Crippen MR) is 89.6 cm³/mol. The van der Waals surface area contributed by atoms with Crippen LogP contribution in [-0.4, -0.2) is 0 Å². The summed E-state index contributed by atoms with van der Waals surface area (Å²) in [6.45, 7) is 0. The van der Waals surface area contributed by atoms with E-state index in [1.165, 1.54) is 6.07 Å². The highest BCUT2D eigenvalue weighted by atomic mass is 16.4. The number of hydrogen-bond acceptors (Lipinski definition) is 2. The largest absolute Gasteiger partial charge is 0.422 e. The molecule has 0 radical (unpaired) electrons. The van der Waals surface area contributed by atoms with E-state index in [2.05, 4.69) is 24.3 Å². The first-order chi connectivity index (χ1) is 10.8. The Morgan fingerprint density at radius 3 is 2.23 bits per heavy atom. The molecule has 108 valence electrons. The van der Waals surface area contributed by atoms with Crippen LogP contribution in [0.1, 0.15) is 11.1 Å². The van der Waals surface area contributed by atoms with E-state index in [0.717, 1.165) is 16.7 Å². The summed E-state index contributed by atoms with van der Waals surface area (Å²) in [4.78, 5) is 11.5. The van der Waals surface area contributed by atoms with Gasteiger partial charge in [0.05, 0.1) is 0 Å². The molecule has 3 aromatic rings. The molecule has 0 atom stereocenters. The molecular formula is C20H16O2. The molecule has 0 aliphatic heterocycles. The Balaban J connectivity index is 1.88. The Kier molecular flexibility index (Phi) is 4.30. The fourth-order valence-corrected chi connectivity index (χ4v) is 2.33. The molecule has 0 bridgehead atoms. The molecule has 0 unspecified atom stereocenters. The van der Waals surface area contributed by atoms with Gasteiger partial charge in [0, 0.05) is 11.6 Å². The summed E-state index contributed by atoms with van der Waals surface area (Å²) < 4.78 is 5.41. The van der Waals surface area contributed by atoms with E-state index < -0.39 is 0 Å². The lowest BCUT2D eigenvalue weighted by Gasteiger charge is -2.05. The van der Waals surface area contributed by atoms with E-state index in [9.17, 15) is 4.79 Å². The van der Waals surface area contributed by atoms with E-state index in [1.54, 1.807) is 0 Å². The van der Waals surface area contributed by atoms with Crippen molar-refractivity contribution in [3.8, 4) is 11.3 Å². The van der Waals surface area contributed by atoms with Crippen molar-refractivity contribution in [2.24, 2.45) is 0 Å². The molecule has 0 spiro atoms. The molecule has 0 aliphatic carbocycles. The summed E-state index contributed by atoms with van der Waals surface area (Å²) in [6, 6.07) is 23.1. The van der Waals surface area contributed by atoms with Crippen molar-refractivity contribution in [3.05, 3.63) is 100 Å². The fraction of sp³-hybridized carbons (Fsp3) is 0.0500. The van der Waals surface area contributed by atoms with Crippen LogP contribution in [-0.2, 0) is 6.42 Å². The van der Waals surface area contributed by atoms with Gasteiger partial charge in [-0.1, -0.05) is 72.8 Å². The van der Waals surface area contributed by atoms with Crippen molar-refractivity contribution in [2.45, 2.75) is 6.42 Å². The van der Waals surface area contributed by atoms with Crippen LogP contribution in [0, 0.1) is 0 Å². The molecule has 0 saturated heterocycles. The average Bonchev–Trinajstić information content (AvgIpc) is 2.58. The van der Waals surface area contributed by atoms with E-state index >= 15 is 0 Å². The van der Waals surface area contributed by atoms with Crippen LogP contribution in [0.4, 0.5) is 0 Å². The standard InChI is InChI=1S/C20H16O2/c21-19-15-14-18(13-7-10-16-8-3-1-4-9-16)20(22-19)17-11-5-2-6-12-17/h1-12,14-15H,13H2/b10-7+. The Morgan fingerprint density at radius 1 is 0.818 bits per heavy atom. The minimum Gasteiger partial charge on any atom is -0.422 e. The predicted octanol–water partition coefficient (Wildman–Crippen LogP) is 4.56. The first-order valence-electron chi connectivity index (χ1n) is 7.23. The number of rotatable bonds is 4. The van der Waals surface area contributed by atoms with Gasteiger partial charge in [-0.15, -0.1) is 0 Å². The fourth-order valence-electron chi connectivity index (χ4n) is 2.33.